The van der Waals surface area contributed by atoms with Gasteiger partial charge in [-0.1, -0.05) is 36.0 Å². The summed E-state index contributed by atoms with van der Waals surface area (Å²) in [6.45, 7) is 0. The smallest absolute Gasteiger partial charge is 0.449 e. The fraction of sp³-hybridized carbons (Fsp3) is 0.167. The van der Waals surface area contributed by atoms with Gasteiger partial charge in [-0.25, -0.2) is 4.79 Å². The van der Waals surface area contributed by atoms with Gasteiger partial charge in [-0.05, 0) is 59.7 Å². The molecule has 0 aromatic heterocycles. The average Bonchev–Trinajstić information content (AvgIpc) is 2.85. The maximum atomic E-state index is 10.7. The quantitative estimate of drug-likeness (QED) is 0.514. The van der Waals surface area contributed by atoms with Gasteiger partial charge in [0.25, 0.3) is 0 Å². The van der Waals surface area contributed by atoms with Crippen LogP contribution in [0.1, 0.15) is 28.7 Å². The van der Waals surface area contributed by atoms with Crippen molar-refractivity contribution in [2.45, 2.75) is 29.1 Å². The maximum Gasteiger partial charge on any atom is 0.511 e. The van der Waals surface area contributed by atoms with Crippen molar-refractivity contribution in [2.75, 3.05) is 0 Å². The Morgan fingerprint density at radius 1 is 1.00 bits per heavy atom. The van der Waals surface area contributed by atoms with E-state index in [9.17, 15) is 4.79 Å². The molecule has 110 valence electrons. The first-order valence-corrected chi connectivity index (χ1v) is 8.07. The molecule has 0 spiro atoms. The van der Waals surface area contributed by atoms with Crippen molar-refractivity contribution in [3.05, 3.63) is 52.6 Å². The van der Waals surface area contributed by atoms with Crippen LogP contribution in [0.15, 0.2) is 40.1 Å². The summed E-state index contributed by atoms with van der Waals surface area (Å²) in [6, 6.07) is 9.96. The van der Waals surface area contributed by atoms with E-state index in [1.54, 1.807) is 23.9 Å². The molecule has 1 heterocycles. The Hall–Kier alpha value is -2.20. The molecule has 0 unspecified atom stereocenters. The molecule has 2 aromatic carbocycles. The van der Waals surface area contributed by atoms with Crippen LogP contribution in [0.3, 0.4) is 0 Å². The number of benzene rings is 2. The summed E-state index contributed by atoms with van der Waals surface area (Å²) in [5.41, 5.74) is 5.23. The monoisotopic (exact) mass is 310 g/mol. The normalized spacial score (nSPS) is 14.7. The van der Waals surface area contributed by atoms with Gasteiger partial charge in [0.2, 0.25) is 0 Å². The summed E-state index contributed by atoms with van der Waals surface area (Å²) in [4.78, 5) is 12.9. The summed E-state index contributed by atoms with van der Waals surface area (Å²) in [5, 5.41) is 8.75. The standard InChI is InChI=1S/C18H14O3S/c19-18(20)21-15-7-6-11-4-5-14-8-12-2-1-3-13(12)9-16(14)22-17(11)10-15/h4-10H,1-3H2,(H,19,20). The summed E-state index contributed by atoms with van der Waals surface area (Å²) in [7, 11) is 0. The van der Waals surface area contributed by atoms with Gasteiger partial charge in [-0.2, -0.15) is 0 Å². The lowest BCUT2D eigenvalue weighted by Crippen LogP contribution is -2.02. The molecule has 2 aromatic rings. The van der Waals surface area contributed by atoms with Crippen molar-refractivity contribution < 1.29 is 14.6 Å². The fourth-order valence-electron chi connectivity index (χ4n) is 3.04. The molecule has 2 aliphatic rings. The first-order chi connectivity index (χ1) is 10.7. The summed E-state index contributed by atoms with van der Waals surface area (Å²) >= 11 is 1.68. The number of fused-ring (bicyclic) bond motifs is 3. The van der Waals surface area contributed by atoms with E-state index in [0.717, 1.165) is 16.9 Å². The highest BCUT2D eigenvalue weighted by atomic mass is 32.2. The topological polar surface area (TPSA) is 46.5 Å². The molecule has 3 nitrogen and oxygen atoms in total. The Balaban J connectivity index is 1.76. The van der Waals surface area contributed by atoms with Gasteiger partial charge < -0.3 is 9.84 Å². The van der Waals surface area contributed by atoms with Crippen LogP contribution in [0.2, 0.25) is 0 Å². The number of carbonyl (C=O) groups is 1. The molecule has 4 heteroatoms. The highest BCUT2D eigenvalue weighted by Gasteiger charge is 2.17. The van der Waals surface area contributed by atoms with Gasteiger partial charge in [0, 0.05) is 9.79 Å². The summed E-state index contributed by atoms with van der Waals surface area (Å²) in [6.07, 6.45) is 6.50. The van der Waals surface area contributed by atoms with Gasteiger partial charge in [0.05, 0.1) is 0 Å². The number of carboxylic acid groups (broad SMARTS) is 1. The first kappa shape index (κ1) is 13.5. The van der Waals surface area contributed by atoms with Crippen LogP contribution in [0, 0.1) is 0 Å². The zero-order valence-corrected chi connectivity index (χ0v) is 12.7. The van der Waals surface area contributed by atoms with Crippen molar-refractivity contribution in [1.82, 2.24) is 0 Å². The number of hydrogen-bond donors (Lipinski definition) is 1. The van der Waals surface area contributed by atoms with E-state index in [4.69, 9.17) is 9.84 Å². The van der Waals surface area contributed by atoms with Crippen molar-refractivity contribution in [3.63, 3.8) is 0 Å². The second-order valence-electron chi connectivity index (χ2n) is 5.52. The van der Waals surface area contributed by atoms with Crippen LogP contribution in [0.5, 0.6) is 5.75 Å². The predicted molar refractivity (Wildman–Crippen MR) is 86.6 cm³/mol. The third-order valence-corrected chi connectivity index (χ3v) is 5.22. The van der Waals surface area contributed by atoms with Crippen LogP contribution in [-0.4, -0.2) is 11.3 Å². The fourth-order valence-corrected chi connectivity index (χ4v) is 4.15. The second kappa shape index (κ2) is 5.21. The lowest BCUT2D eigenvalue weighted by molar-refractivity contribution is 0.144. The van der Waals surface area contributed by atoms with Gasteiger partial charge in [0.15, 0.2) is 0 Å². The lowest BCUT2D eigenvalue weighted by Gasteiger charge is -2.09. The van der Waals surface area contributed by atoms with Crippen LogP contribution >= 0.6 is 11.8 Å². The molecule has 0 bridgehead atoms. The minimum atomic E-state index is -1.28. The Labute approximate surface area is 132 Å². The van der Waals surface area contributed by atoms with E-state index < -0.39 is 6.16 Å². The van der Waals surface area contributed by atoms with E-state index in [-0.39, 0.29) is 0 Å². The molecule has 0 saturated carbocycles. The second-order valence-corrected chi connectivity index (χ2v) is 6.60. The molecule has 0 saturated heterocycles. The molecular weight excluding hydrogens is 296 g/mol. The molecule has 0 amide bonds. The molecule has 1 N–H and O–H groups in total. The highest BCUT2D eigenvalue weighted by Crippen LogP contribution is 2.41. The number of rotatable bonds is 1. The Morgan fingerprint density at radius 3 is 2.55 bits per heavy atom. The zero-order valence-electron chi connectivity index (χ0n) is 11.8. The van der Waals surface area contributed by atoms with Crippen molar-refractivity contribution in [3.8, 4) is 5.75 Å². The van der Waals surface area contributed by atoms with Gasteiger partial charge in [0.1, 0.15) is 5.75 Å². The van der Waals surface area contributed by atoms with Crippen molar-refractivity contribution in [2.24, 2.45) is 0 Å². The number of ether oxygens (including phenoxy) is 1. The zero-order chi connectivity index (χ0) is 15.1. The number of hydrogen-bond acceptors (Lipinski definition) is 3. The minimum absolute atomic E-state index is 0.358. The molecule has 0 atom stereocenters. The molecule has 1 aliphatic carbocycles. The molecular formula is C18H14O3S. The Bertz CT molecular complexity index is 808. The lowest BCUT2D eigenvalue weighted by atomic mass is 10.1. The van der Waals surface area contributed by atoms with Crippen LogP contribution in [0.4, 0.5) is 4.79 Å². The van der Waals surface area contributed by atoms with E-state index in [1.165, 1.54) is 34.4 Å². The Morgan fingerprint density at radius 2 is 1.73 bits per heavy atom. The summed E-state index contributed by atoms with van der Waals surface area (Å²) < 4.78 is 4.76. The predicted octanol–water partition coefficient (Wildman–Crippen LogP) is 4.87. The minimum Gasteiger partial charge on any atom is -0.449 e. The molecule has 1 aliphatic heterocycles. The molecule has 0 radical (unpaired) electrons. The van der Waals surface area contributed by atoms with Crippen molar-refractivity contribution >= 4 is 30.1 Å². The molecule has 22 heavy (non-hydrogen) atoms. The van der Waals surface area contributed by atoms with E-state index in [1.807, 2.05) is 6.07 Å². The molecule has 4 rings (SSSR count). The average molecular weight is 310 g/mol. The third-order valence-electron chi connectivity index (χ3n) is 4.08. The number of aryl methyl sites for hydroxylation is 2. The Kier molecular flexibility index (Phi) is 3.19. The van der Waals surface area contributed by atoms with Crippen LogP contribution < -0.4 is 4.74 Å². The highest BCUT2D eigenvalue weighted by molar-refractivity contribution is 7.99. The maximum absolute atomic E-state index is 10.7. The third kappa shape index (κ3) is 2.40. The van der Waals surface area contributed by atoms with E-state index in [2.05, 4.69) is 24.3 Å². The van der Waals surface area contributed by atoms with Crippen molar-refractivity contribution in [1.29, 1.82) is 0 Å². The van der Waals surface area contributed by atoms with Gasteiger partial charge >= 0.3 is 6.16 Å². The molecule has 0 fully saturated rings. The van der Waals surface area contributed by atoms with E-state index in [0.29, 0.717) is 5.75 Å². The van der Waals surface area contributed by atoms with Crippen LogP contribution in [-0.2, 0) is 12.8 Å². The van der Waals surface area contributed by atoms with Gasteiger partial charge in [-0.3, -0.25) is 0 Å². The summed E-state index contributed by atoms with van der Waals surface area (Å²) in [5.74, 6) is 0.358. The van der Waals surface area contributed by atoms with Crippen LogP contribution in [0.25, 0.3) is 12.2 Å². The van der Waals surface area contributed by atoms with Gasteiger partial charge in [-0.15, -0.1) is 0 Å². The van der Waals surface area contributed by atoms with E-state index >= 15 is 0 Å². The largest absolute Gasteiger partial charge is 0.511 e. The first-order valence-electron chi connectivity index (χ1n) is 7.25. The SMILES string of the molecule is O=C(O)Oc1ccc2c(c1)Sc1cc3c(cc1C=C2)CCC3.